The van der Waals surface area contributed by atoms with Crippen LogP contribution in [0, 0.1) is 31.5 Å². The fourth-order valence-corrected chi connectivity index (χ4v) is 12.8. The van der Waals surface area contributed by atoms with Crippen LogP contribution in [0.25, 0.3) is 33.9 Å². The topological polar surface area (TPSA) is 29.3 Å². The van der Waals surface area contributed by atoms with Gasteiger partial charge in [-0.2, -0.15) is 0 Å². The van der Waals surface area contributed by atoms with Crippen molar-refractivity contribution in [1.82, 2.24) is 0 Å². The zero-order valence-corrected chi connectivity index (χ0v) is 52.7. The van der Waals surface area contributed by atoms with Crippen LogP contribution in [0.4, 0.5) is 21.5 Å². The number of halogens is 1. The summed E-state index contributed by atoms with van der Waals surface area (Å²) in [5, 5.41) is 0. The van der Waals surface area contributed by atoms with Gasteiger partial charge in [0.05, 0.1) is 11.4 Å². The maximum Gasteiger partial charge on any atom is 0.147 e. The SMILES string of the molecule is C/C=C\C(C1=CCC(C)C=C1)=C(\N)CCC.CC.CC1=CC=C(c2ccccc2)CC1C.CCCC1=C(c2ccc(N(c3ccc(C4=CCCC=C4)cc3F)c3cc4c(c5c3CCC=C5)-c3ccc(C)cc3C4(C)C)cc2C)C=C(C)CC1. The largest absolute Gasteiger partial charge is 0.402 e. The van der Waals surface area contributed by atoms with Crippen molar-refractivity contribution in [1.29, 1.82) is 0 Å². The summed E-state index contributed by atoms with van der Waals surface area (Å²) in [5.41, 5.74) is 34.6. The van der Waals surface area contributed by atoms with Gasteiger partial charge in [-0.15, -0.1) is 0 Å². The molecular formula is C80H95FN2. The van der Waals surface area contributed by atoms with E-state index >= 15 is 4.39 Å². The van der Waals surface area contributed by atoms with Gasteiger partial charge >= 0.3 is 0 Å². The van der Waals surface area contributed by atoms with Gasteiger partial charge in [0.1, 0.15) is 5.82 Å². The lowest BCUT2D eigenvalue weighted by molar-refractivity contribution is 0.628. The Kier molecular flexibility index (Phi) is 21.1. The quantitative estimate of drug-likeness (QED) is 0.126. The van der Waals surface area contributed by atoms with Crippen molar-refractivity contribution in [2.24, 2.45) is 17.6 Å². The van der Waals surface area contributed by atoms with Crippen molar-refractivity contribution in [2.75, 3.05) is 4.90 Å². The van der Waals surface area contributed by atoms with Gasteiger partial charge in [-0.1, -0.05) is 230 Å². The molecule has 0 bridgehead atoms. The van der Waals surface area contributed by atoms with Gasteiger partial charge in [0.25, 0.3) is 0 Å². The molecule has 6 aliphatic carbocycles. The summed E-state index contributed by atoms with van der Waals surface area (Å²) in [6, 6.07) is 32.7. The van der Waals surface area contributed by atoms with E-state index in [0.29, 0.717) is 17.5 Å². The first-order valence-corrected chi connectivity index (χ1v) is 31.5. The lowest BCUT2D eigenvalue weighted by Crippen LogP contribution is -2.19. The summed E-state index contributed by atoms with van der Waals surface area (Å²) in [6.45, 7) is 28.6. The van der Waals surface area contributed by atoms with Gasteiger partial charge in [-0.25, -0.2) is 4.39 Å². The number of aryl methyl sites for hydroxylation is 2. The Morgan fingerprint density at radius 1 is 0.747 bits per heavy atom. The molecule has 0 amide bonds. The Bertz CT molecular complexity index is 3510. The van der Waals surface area contributed by atoms with Crippen molar-refractivity contribution in [2.45, 2.75) is 172 Å². The second-order valence-corrected chi connectivity index (χ2v) is 24.2. The summed E-state index contributed by atoms with van der Waals surface area (Å²) in [7, 11) is 0. The van der Waals surface area contributed by atoms with Crippen LogP contribution in [-0.2, 0) is 11.8 Å². The molecule has 3 heteroatoms. The van der Waals surface area contributed by atoms with Gasteiger partial charge in [0.15, 0.2) is 0 Å². The molecule has 5 aromatic rings. The van der Waals surface area contributed by atoms with Crippen molar-refractivity contribution in [3.8, 4) is 11.1 Å². The fourth-order valence-electron chi connectivity index (χ4n) is 12.8. The Labute approximate surface area is 501 Å². The molecule has 5 aromatic carbocycles. The zero-order chi connectivity index (χ0) is 59.4. The van der Waals surface area contributed by atoms with Crippen molar-refractivity contribution >= 4 is 39.9 Å². The third-order valence-corrected chi connectivity index (χ3v) is 17.6. The normalized spacial score (nSPS) is 18.5. The summed E-state index contributed by atoms with van der Waals surface area (Å²) in [5.74, 6) is 1.14. The number of nitrogens with zero attached hydrogens (tertiary/aromatic N) is 1. The predicted octanol–water partition coefficient (Wildman–Crippen LogP) is 23.4. The smallest absolute Gasteiger partial charge is 0.147 e. The highest BCUT2D eigenvalue weighted by molar-refractivity contribution is 5.95. The Hall–Kier alpha value is -7.23. The number of fused-ring (bicyclic) bond motifs is 5. The van der Waals surface area contributed by atoms with E-state index in [1.54, 1.807) is 11.6 Å². The van der Waals surface area contributed by atoms with Gasteiger partial charge in [-0.3, -0.25) is 0 Å². The summed E-state index contributed by atoms with van der Waals surface area (Å²) in [6.07, 6.45) is 41.9. The molecule has 6 aliphatic rings. The molecule has 0 spiro atoms. The molecule has 0 fully saturated rings. The van der Waals surface area contributed by atoms with Crippen LogP contribution in [0.1, 0.15) is 197 Å². The first-order chi connectivity index (χ1) is 40.1. The lowest BCUT2D eigenvalue weighted by atomic mass is 9.80. The molecular weight excluding hydrogens is 1010 g/mol. The van der Waals surface area contributed by atoms with Crippen molar-refractivity contribution < 1.29 is 4.39 Å². The number of hydrogen-bond donors (Lipinski definition) is 1. The van der Waals surface area contributed by atoms with Crippen molar-refractivity contribution in [3.63, 3.8) is 0 Å². The molecule has 2 unspecified atom stereocenters. The number of nitrogens with two attached hydrogens (primary N) is 1. The second-order valence-electron chi connectivity index (χ2n) is 24.2. The Balaban J connectivity index is 0.000000228. The van der Waals surface area contributed by atoms with E-state index < -0.39 is 0 Å². The zero-order valence-electron chi connectivity index (χ0n) is 52.7. The van der Waals surface area contributed by atoms with E-state index in [0.717, 1.165) is 98.8 Å². The molecule has 0 saturated heterocycles. The van der Waals surface area contributed by atoms with Crippen LogP contribution in [0.2, 0.25) is 0 Å². The van der Waals surface area contributed by atoms with E-state index in [1.807, 2.05) is 26.8 Å². The van der Waals surface area contributed by atoms with E-state index in [-0.39, 0.29) is 11.2 Å². The van der Waals surface area contributed by atoms with Crippen LogP contribution in [-0.4, -0.2) is 0 Å². The molecule has 2 N–H and O–H groups in total. The first-order valence-electron chi connectivity index (χ1n) is 31.5. The van der Waals surface area contributed by atoms with Gasteiger partial charge in [-0.05, 0) is 224 Å². The van der Waals surface area contributed by atoms with Gasteiger partial charge < -0.3 is 10.6 Å². The number of allylic oxidation sites excluding steroid dienone is 21. The standard InChI is InChI=1S/C49H50FN.C15H23N.C14H16.C2H6/c1-7-13-35-20-18-31(2)26-42(35)38-24-22-37(28-33(38)4)51(46-25-21-36(29-45(46)50)34-14-9-8-10-15-34)47-30-44-48(40-17-12-11-16-39(40)47)41-23-19-32(3)27-43(41)49(44,5)6;1-4-6-14(15(16)7-5-2)13-10-8-12(3)9-11-13;1-11-8-9-14(10-12(11)2)13-6-4-3-5-7-13;1-2/h9,12,14-15,17,19,21-30H,7-8,10-11,13,16,18,20H2,1-6H3;4,6,8,10-12H,5,7,9,16H2,1-3H3;3-9,12H,10H2,1-2H3;1-2H3/b;6-4-,15-14-;;. The second kappa shape index (κ2) is 28.4. The van der Waals surface area contributed by atoms with Crippen LogP contribution in [0.15, 0.2) is 197 Å². The number of anilines is 3. The Morgan fingerprint density at radius 3 is 2.19 bits per heavy atom. The molecule has 0 radical (unpaired) electrons. The number of rotatable bonds is 12. The van der Waals surface area contributed by atoms with Crippen molar-refractivity contribution in [3.05, 3.63) is 253 Å². The van der Waals surface area contributed by atoms with E-state index in [1.165, 1.54) is 95.5 Å². The molecule has 2 atom stereocenters. The maximum atomic E-state index is 16.9. The fraction of sp³-hybridized carbons (Fsp3) is 0.350. The molecule has 0 aliphatic heterocycles. The summed E-state index contributed by atoms with van der Waals surface area (Å²) >= 11 is 0. The average molecular weight is 1100 g/mol. The van der Waals surface area contributed by atoms with E-state index in [9.17, 15) is 0 Å². The molecule has 0 aromatic heterocycles. The Morgan fingerprint density at radius 2 is 1.52 bits per heavy atom. The third-order valence-electron chi connectivity index (χ3n) is 17.6. The molecule has 83 heavy (non-hydrogen) atoms. The highest BCUT2D eigenvalue weighted by atomic mass is 19.1. The van der Waals surface area contributed by atoms with Crippen LogP contribution in [0.3, 0.4) is 0 Å². The highest BCUT2D eigenvalue weighted by Gasteiger charge is 2.39. The van der Waals surface area contributed by atoms with Crippen LogP contribution < -0.4 is 10.6 Å². The summed E-state index contributed by atoms with van der Waals surface area (Å²) < 4.78 is 16.9. The van der Waals surface area contributed by atoms with E-state index in [4.69, 9.17) is 5.73 Å². The van der Waals surface area contributed by atoms with Gasteiger partial charge in [0.2, 0.25) is 0 Å². The highest BCUT2D eigenvalue weighted by Crippen LogP contribution is 2.55. The third kappa shape index (κ3) is 14.1. The monoisotopic (exact) mass is 1100 g/mol. The number of hydrogen-bond acceptors (Lipinski definition) is 2. The van der Waals surface area contributed by atoms with Gasteiger partial charge in [0, 0.05) is 16.8 Å². The minimum atomic E-state index is -0.202. The maximum absolute atomic E-state index is 16.9. The number of benzene rings is 5. The van der Waals surface area contributed by atoms with Crippen LogP contribution >= 0.6 is 0 Å². The average Bonchev–Trinajstić information content (AvgIpc) is 1.75. The molecule has 0 saturated carbocycles. The van der Waals surface area contributed by atoms with Crippen LogP contribution in [0.5, 0.6) is 0 Å². The molecule has 2 nitrogen and oxygen atoms in total. The van der Waals surface area contributed by atoms with E-state index in [2.05, 4.69) is 232 Å². The minimum Gasteiger partial charge on any atom is -0.402 e. The minimum absolute atomic E-state index is 0.188. The lowest BCUT2D eigenvalue weighted by Gasteiger charge is -2.33. The summed E-state index contributed by atoms with van der Waals surface area (Å²) in [4.78, 5) is 2.23. The first kappa shape index (κ1) is 61.8. The molecule has 11 rings (SSSR count). The molecule has 432 valence electrons. The predicted molar refractivity (Wildman–Crippen MR) is 362 cm³/mol. The molecule has 0 heterocycles.